The van der Waals surface area contributed by atoms with Crippen molar-refractivity contribution in [2.75, 3.05) is 5.32 Å². The largest absolute Gasteiger partial charge is 0.494 e. The first-order valence-corrected chi connectivity index (χ1v) is 6.72. The number of aliphatic imine (C=N–C) groups is 1. The van der Waals surface area contributed by atoms with Crippen molar-refractivity contribution in [2.24, 2.45) is 19.1 Å². The second kappa shape index (κ2) is 6.30. The van der Waals surface area contributed by atoms with Crippen molar-refractivity contribution < 1.29 is 9.90 Å². The lowest BCUT2D eigenvalue weighted by Gasteiger charge is -2.07. The van der Waals surface area contributed by atoms with Gasteiger partial charge in [-0.2, -0.15) is 0 Å². The highest BCUT2D eigenvalue weighted by Crippen LogP contribution is 2.17. The zero-order valence-corrected chi connectivity index (χ0v) is 12.9. The minimum absolute atomic E-state index is 0.0828. The van der Waals surface area contributed by atoms with E-state index < -0.39 is 17.1 Å². The Morgan fingerprint density at radius 1 is 1.17 bits per heavy atom. The Labute approximate surface area is 131 Å². The minimum Gasteiger partial charge on any atom is -0.494 e. The number of hydrogen-bond donors (Lipinski definition) is 2. The third-order valence-electron chi connectivity index (χ3n) is 3.20. The van der Waals surface area contributed by atoms with Crippen molar-refractivity contribution in [3.8, 4) is 5.88 Å². The van der Waals surface area contributed by atoms with Crippen molar-refractivity contribution >= 4 is 23.5 Å². The summed E-state index contributed by atoms with van der Waals surface area (Å²) in [4.78, 5) is 38.7. The number of nitrogens with zero attached hydrogens (tertiary/aromatic N) is 3. The molecule has 1 heterocycles. The number of carbonyl (C=O) groups is 1. The van der Waals surface area contributed by atoms with E-state index in [1.165, 1.54) is 27.2 Å². The molecule has 0 aliphatic heterocycles. The second-order valence-corrected chi connectivity index (χ2v) is 4.93. The van der Waals surface area contributed by atoms with E-state index in [9.17, 15) is 19.5 Å². The highest BCUT2D eigenvalue weighted by molar-refractivity contribution is 5.89. The molecule has 8 heteroatoms. The summed E-state index contributed by atoms with van der Waals surface area (Å²) < 4.78 is 1.85. The third kappa shape index (κ3) is 3.37. The molecule has 0 spiro atoms. The Balaban J connectivity index is 2.36. The number of hydrogen-bond acceptors (Lipinski definition) is 5. The molecule has 0 aliphatic rings. The summed E-state index contributed by atoms with van der Waals surface area (Å²) in [6, 6.07) is 6.61. The Kier molecular flexibility index (Phi) is 4.44. The van der Waals surface area contributed by atoms with Gasteiger partial charge in [0.15, 0.2) is 0 Å². The van der Waals surface area contributed by atoms with Gasteiger partial charge in [0.05, 0.1) is 5.69 Å². The molecule has 0 unspecified atom stereocenters. The van der Waals surface area contributed by atoms with E-state index in [-0.39, 0.29) is 11.5 Å². The predicted octanol–water partition coefficient (Wildman–Crippen LogP) is 0.499. The van der Waals surface area contributed by atoms with Crippen LogP contribution in [0.15, 0.2) is 38.8 Å². The summed E-state index contributed by atoms with van der Waals surface area (Å²) in [6.45, 7) is 1.41. The Bertz CT molecular complexity index is 891. The molecule has 8 nitrogen and oxygen atoms in total. The molecule has 2 N–H and O–H groups in total. The lowest BCUT2D eigenvalue weighted by atomic mass is 10.2. The molecule has 0 bridgehead atoms. The first kappa shape index (κ1) is 16.2. The molecule has 0 aliphatic carbocycles. The quantitative estimate of drug-likeness (QED) is 0.804. The summed E-state index contributed by atoms with van der Waals surface area (Å²) in [5.41, 5.74) is -0.194. The lowest BCUT2D eigenvalue weighted by molar-refractivity contribution is -0.114. The molecule has 1 aromatic carbocycles. The summed E-state index contributed by atoms with van der Waals surface area (Å²) in [5.74, 6) is -0.628. The molecular formula is C15H16N4O4. The Morgan fingerprint density at radius 3 is 2.35 bits per heavy atom. The molecular weight excluding hydrogens is 300 g/mol. The number of carbonyl (C=O) groups excluding carboxylic acids is 1. The number of nitrogens with one attached hydrogen (secondary N) is 1. The molecule has 2 rings (SSSR count). The normalized spacial score (nSPS) is 10.9. The molecule has 1 amide bonds. The van der Waals surface area contributed by atoms with Crippen LogP contribution in [0.4, 0.5) is 11.4 Å². The second-order valence-electron chi connectivity index (χ2n) is 4.93. The fraction of sp³-hybridized carbons (Fsp3) is 0.200. The topological polar surface area (TPSA) is 106 Å². The molecule has 0 atom stereocenters. The number of benzene rings is 1. The van der Waals surface area contributed by atoms with Crippen LogP contribution in [0.25, 0.3) is 0 Å². The van der Waals surface area contributed by atoms with Gasteiger partial charge < -0.3 is 10.4 Å². The summed E-state index contributed by atoms with van der Waals surface area (Å²) in [5, 5.41) is 12.5. The summed E-state index contributed by atoms with van der Waals surface area (Å²) in [6.07, 6.45) is 1.20. The lowest BCUT2D eigenvalue weighted by Crippen LogP contribution is -2.38. The van der Waals surface area contributed by atoms with Crippen LogP contribution in [-0.2, 0) is 18.9 Å². The van der Waals surface area contributed by atoms with Crippen LogP contribution in [0.5, 0.6) is 5.88 Å². The average Bonchev–Trinajstić information content (AvgIpc) is 2.52. The monoisotopic (exact) mass is 316 g/mol. The number of aromatic nitrogens is 2. The smallest absolute Gasteiger partial charge is 0.333 e. The predicted molar refractivity (Wildman–Crippen MR) is 86.6 cm³/mol. The van der Waals surface area contributed by atoms with Gasteiger partial charge in [-0.1, -0.05) is 0 Å². The minimum atomic E-state index is -0.635. The molecule has 2 aromatic rings. The molecule has 0 fully saturated rings. The van der Waals surface area contributed by atoms with Gasteiger partial charge in [-0.25, -0.2) is 4.79 Å². The van der Waals surface area contributed by atoms with E-state index in [0.29, 0.717) is 11.4 Å². The van der Waals surface area contributed by atoms with Gasteiger partial charge in [-0.3, -0.25) is 23.7 Å². The van der Waals surface area contributed by atoms with Crippen molar-refractivity contribution in [2.45, 2.75) is 6.92 Å². The Morgan fingerprint density at radius 2 is 1.78 bits per heavy atom. The fourth-order valence-corrected chi connectivity index (χ4v) is 1.95. The van der Waals surface area contributed by atoms with Gasteiger partial charge >= 0.3 is 5.69 Å². The van der Waals surface area contributed by atoms with Gasteiger partial charge in [0, 0.05) is 32.9 Å². The van der Waals surface area contributed by atoms with Gasteiger partial charge in [0.25, 0.3) is 5.56 Å². The van der Waals surface area contributed by atoms with E-state index >= 15 is 0 Å². The van der Waals surface area contributed by atoms with E-state index in [4.69, 9.17) is 0 Å². The highest BCUT2D eigenvalue weighted by Gasteiger charge is 2.12. The van der Waals surface area contributed by atoms with Crippen LogP contribution in [0, 0.1) is 0 Å². The van der Waals surface area contributed by atoms with Crippen LogP contribution in [0.2, 0.25) is 0 Å². The SMILES string of the molecule is CC(=O)Nc1ccc(N=Cc2c(O)n(C)c(=O)n(C)c2=O)cc1. The molecule has 1 aromatic heterocycles. The van der Waals surface area contributed by atoms with Crippen molar-refractivity contribution in [1.82, 2.24) is 9.13 Å². The average molecular weight is 316 g/mol. The molecule has 0 radical (unpaired) electrons. The van der Waals surface area contributed by atoms with Crippen LogP contribution < -0.4 is 16.6 Å². The third-order valence-corrected chi connectivity index (χ3v) is 3.20. The number of rotatable bonds is 3. The molecule has 0 saturated heterocycles. The van der Waals surface area contributed by atoms with Gasteiger partial charge in [0.2, 0.25) is 11.8 Å². The Hall–Kier alpha value is -3.16. The van der Waals surface area contributed by atoms with Gasteiger partial charge in [0.1, 0.15) is 5.56 Å². The zero-order valence-electron chi connectivity index (χ0n) is 12.9. The van der Waals surface area contributed by atoms with Crippen molar-refractivity contribution in [1.29, 1.82) is 0 Å². The summed E-state index contributed by atoms with van der Waals surface area (Å²) in [7, 11) is 2.68. The maximum Gasteiger partial charge on any atom is 0.333 e. The number of aromatic hydroxyl groups is 1. The number of amides is 1. The van der Waals surface area contributed by atoms with Crippen LogP contribution in [0.3, 0.4) is 0 Å². The van der Waals surface area contributed by atoms with Crippen molar-refractivity contribution in [3.05, 3.63) is 50.7 Å². The van der Waals surface area contributed by atoms with Crippen LogP contribution in [-0.4, -0.2) is 26.4 Å². The van der Waals surface area contributed by atoms with Gasteiger partial charge in [-0.15, -0.1) is 0 Å². The van der Waals surface area contributed by atoms with Crippen LogP contribution >= 0.6 is 0 Å². The van der Waals surface area contributed by atoms with E-state index in [0.717, 1.165) is 9.13 Å². The maximum absolute atomic E-state index is 12.0. The van der Waals surface area contributed by atoms with Crippen LogP contribution in [0.1, 0.15) is 12.5 Å². The standard InChI is InChI=1S/C15H16N4O4/c1-9(20)17-11-6-4-10(5-7-11)16-8-12-13(21)18(2)15(23)19(3)14(12)22/h4-8,21H,1-3H3,(H,17,20). The molecule has 23 heavy (non-hydrogen) atoms. The maximum atomic E-state index is 12.0. The highest BCUT2D eigenvalue weighted by atomic mass is 16.3. The zero-order chi connectivity index (χ0) is 17.1. The molecule has 120 valence electrons. The fourth-order valence-electron chi connectivity index (χ4n) is 1.95. The van der Waals surface area contributed by atoms with Gasteiger partial charge in [-0.05, 0) is 24.3 Å². The van der Waals surface area contributed by atoms with E-state index in [1.807, 2.05) is 0 Å². The van der Waals surface area contributed by atoms with E-state index in [1.54, 1.807) is 24.3 Å². The number of anilines is 1. The molecule has 0 saturated carbocycles. The van der Waals surface area contributed by atoms with Crippen molar-refractivity contribution in [3.63, 3.8) is 0 Å². The van der Waals surface area contributed by atoms with E-state index in [2.05, 4.69) is 10.3 Å². The first-order valence-electron chi connectivity index (χ1n) is 6.72. The first-order chi connectivity index (χ1) is 10.8. The summed E-state index contributed by atoms with van der Waals surface area (Å²) >= 11 is 0.